The second-order valence-corrected chi connectivity index (χ2v) is 8.20. The predicted octanol–water partition coefficient (Wildman–Crippen LogP) is 3.64. The normalized spacial score (nSPS) is 27.7. The summed E-state index contributed by atoms with van der Waals surface area (Å²) in [6.07, 6.45) is 0.859. The molecule has 4 rings (SSSR count). The molecule has 2 aliphatic carbocycles. The number of aliphatic imine (C=N–C) groups is 1. The Bertz CT molecular complexity index is 732. The van der Waals surface area contributed by atoms with Crippen LogP contribution in [0.25, 0.3) is 0 Å². The molecule has 1 spiro atoms. The molecule has 0 bridgehead atoms. The topological polar surface area (TPSA) is 54.9 Å². The molecule has 0 aromatic heterocycles. The van der Waals surface area contributed by atoms with Crippen LogP contribution < -0.4 is 15.4 Å². The number of nitrogens with one attached hydrogen (secondary N) is 2. The van der Waals surface area contributed by atoms with Crippen molar-refractivity contribution in [2.24, 2.45) is 16.3 Å². The molecule has 0 amide bonds. The average molecular weight is 411 g/mol. The summed E-state index contributed by atoms with van der Waals surface area (Å²) in [5.74, 6) is 1.55. The maximum absolute atomic E-state index is 12.2. The third kappa shape index (κ3) is 4.17. The number of fused-ring (bicyclic) bond motifs is 2. The van der Waals surface area contributed by atoms with Gasteiger partial charge in [0.25, 0.3) is 0 Å². The molecule has 160 valence electrons. The van der Waals surface area contributed by atoms with Crippen molar-refractivity contribution < 1.29 is 22.6 Å². The summed E-state index contributed by atoms with van der Waals surface area (Å²) >= 11 is 0. The van der Waals surface area contributed by atoms with E-state index in [1.807, 2.05) is 6.92 Å². The van der Waals surface area contributed by atoms with E-state index in [0.717, 1.165) is 31.1 Å². The van der Waals surface area contributed by atoms with E-state index < -0.39 is 12.8 Å². The highest BCUT2D eigenvalue weighted by Crippen LogP contribution is 2.62. The van der Waals surface area contributed by atoms with Gasteiger partial charge < -0.3 is 20.1 Å². The van der Waals surface area contributed by atoms with Gasteiger partial charge in [-0.1, -0.05) is 18.6 Å². The quantitative estimate of drug-likeness (QED) is 0.554. The lowest BCUT2D eigenvalue weighted by molar-refractivity contribution is -0.171. The highest BCUT2D eigenvalue weighted by Gasteiger charge is 2.66. The van der Waals surface area contributed by atoms with E-state index in [0.29, 0.717) is 24.6 Å². The Kier molecular flexibility index (Phi) is 5.64. The molecule has 1 heterocycles. The molecule has 8 heteroatoms. The number of ether oxygens (including phenoxy) is 2. The average Bonchev–Trinajstić information content (AvgIpc) is 3.06. The van der Waals surface area contributed by atoms with Crippen molar-refractivity contribution in [1.82, 2.24) is 10.6 Å². The molecule has 3 unspecified atom stereocenters. The molecule has 29 heavy (non-hydrogen) atoms. The molecule has 1 aromatic carbocycles. The molecule has 1 aliphatic heterocycles. The van der Waals surface area contributed by atoms with Gasteiger partial charge in [0.15, 0.2) is 12.6 Å². The van der Waals surface area contributed by atoms with Gasteiger partial charge in [0.1, 0.15) is 5.75 Å². The fourth-order valence-corrected chi connectivity index (χ4v) is 4.95. The van der Waals surface area contributed by atoms with E-state index in [1.165, 1.54) is 19.3 Å². The van der Waals surface area contributed by atoms with Crippen molar-refractivity contribution in [1.29, 1.82) is 0 Å². The van der Waals surface area contributed by atoms with E-state index >= 15 is 0 Å². The molecule has 0 radical (unpaired) electrons. The number of alkyl halides is 3. The maximum atomic E-state index is 12.2. The Labute approximate surface area is 169 Å². The Balaban J connectivity index is 1.36. The summed E-state index contributed by atoms with van der Waals surface area (Å²) in [4.78, 5) is 4.69. The van der Waals surface area contributed by atoms with E-state index in [-0.39, 0.29) is 11.2 Å². The van der Waals surface area contributed by atoms with Gasteiger partial charge in [0, 0.05) is 30.5 Å². The number of halogens is 3. The fourth-order valence-electron chi connectivity index (χ4n) is 4.95. The van der Waals surface area contributed by atoms with Crippen LogP contribution in [0.2, 0.25) is 0 Å². The van der Waals surface area contributed by atoms with E-state index in [4.69, 9.17) is 14.5 Å². The lowest BCUT2D eigenvalue weighted by atomic mass is 9.46. The SMILES string of the molecule is CCNC(=NCc1ccc(OCC(F)(F)F)cc1)NC1C2CCOC2C12CCC2. The Morgan fingerprint density at radius 3 is 2.66 bits per heavy atom. The number of nitrogens with zero attached hydrogens (tertiary/aromatic N) is 1. The van der Waals surface area contributed by atoms with Crippen molar-refractivity contribution in [2.75, 3.05) is 19.8 Å². The summed E-state index contributed by atoms with van der Waals surface area (Å²) in [7, 11) is 0. The third-order valence-corrected chi connectivity index (χ3v) is 6.42. The predicted molar refractivity (Wildman–Crippen MR) is 104 cm³/mol. The summed E-state index contributed by atoms with van der Waals surface area (Å²) in [6, 6.07) is 6.99. The zero-order chi connectivity index (χ0) is 20.5. The monoisotopic (exact) mass is 411 g/mol. The molecular formula is C21H28F3N3O2. The maximum Gasteiger partial charge on any atom is 0.422 e. The van der Waals surface area contributed by atoms with Crippen LogP contribution in [0.1, 0.15) is 38.2 Å². The molecule has 3 fully saturated rings. The minimum absolute atomic E-state index is 0.203. The molecule has 1 saturated heterocycles. The van der Waals surface area contributed by atoms with Crippen LogP contribution in [0.3, 0.4) is 0 Å². The smallest absolute Gasteiger partial charge is 0.422 e. The van der Waals surface area contributed by atoms with Crippen molar-refractivity contribution in [3.8, 4) is 5.75 Å². The molecule has 5 nitrogen and oxygen atoms in total. The second-order valence-electron chi connectivity index (χ2n) is 8.20. The van der Waals surface area contributed by atoms with E-state index in [9.17, 15) is 13.2 Å². The van der Waals surface area contributed by atoms with Crippen molar-refractivity contribution >= 4 is 5.96 Å². The largest absolute Gasteiger partial charge is 0.484 e. The van der Waals surface area contributed by atoms with Gasteiger partial charge in [-0.25, -0.2) is 4.99 Å². The highest BCUT2D eigenvalue weighted by molar-refractivity contribution is 5.80. The lowest BCUT2D eigenvalue weighted by Crippen LogP contribution is -2.72. The van der Waals surface area contributed by atoms with E-state index in [2.05, 4.69) is 10.6 Å². The van der Waals surface area contributed by atoms with Crippen molar-refractivity contribution in [3.63, 3.8) is 0 Å². The van der Waals surface area contributed by atoms with Crippen LogP contribution in [0.5, 0.6) is 5.75 Å². The first-order chi connectivity index (χ1) is 13.9. The van der Waals surface area contributed by atoms with Crippen molar-refractivity contribution in [3.05, 3.63) is 29.8 Å². The first kappa shape index (κ1) is 20.3. The van der Waals surface area contributed by atoms with Gasteiger partial charge in [-0.05, 0) is 43.9 Å². The number of hydrogen-bond acceptors (Lipinski definition) is 3. The number of benzene rings is 1. The van der Waals surface area contributed by atoms with Crippen molar-refractivity contribution in [2.45, 2.75) is 57.5 Å². The summed E-state index contributed by atoms with van der Waals surface area (Å²) in [5.41, 5.74) is 1.19. The highest BCUT2D eigenvalue weighted by atomic mass is 19.4. The zero-order valence-corrected chi connectivity index (χ0v) is 16.6. The van der Waals surface area contributed by atoms with Gasteiger partial charge >= 0.3 is 6.18 Å². The Morgan fingerprint density at radius 1 is 1.28 bits per heavy atom. The second kappa shape index (κ2) is 8.05. The number of hydrogen-bond donors (Lipinski definition) is 2. The molecular weight excluding hydrogens is 383 g/mol. The zero-order valence-electron chi connectivity index (χ0n) is 16.6. The fraction of sp³-hybridized carbons (Fsp3) is 0.667. The number of guanidine groups is 1. The van der Waals surface area contributed by atoms with Crippen LogP contribution >= 0.6 is 0 Å². The minimum Gasteiger partial charge on any atom is -0.484 e. The molecule has 3 aliphatic rings. The Morgan fingerprint density at radius 2 is 2.03 bits per heavy atom. The third-order valence-electron chi connectivity index (χ3n) is 6.42. The lowest BCUT2D eigenvalue weighted by Gasteiger charge is -2.63. The van der Waals surface area contributed by atoms with Crippen LogP contribution in [-0.2, 0) is 11.3 Å². The summed E-state index contributed by atoms with van der Waals surface area (Å²) < 4.78 is 47.5. The van der Waals surface area contributed by atoms with Crippen LogP contribution in [0.4, 0.5) is 13.2 Å². The molecule has 3 atom stereocenters. The number of rotatable bonds is 6. The van der Waals surface area contributed by atoms with Gasteiger partial charge in [-0.2, -0.15) is 13.2 Å². The van der Waals surface area contributed by atoms with Crippen LogP contribution in [-0.4, -0.2) is 44.0 Å². The van der Waals surface area contributed by atoms with Crippen LogP contribution in [0.15, 0.2) is 29.3 Å². The first-order valence-corrected chi connectivity index (χ1v) is 10.4. The van der Waals surface area contributed by atoms with E-state index in [1.54, 1.807) is 24.3 Å². The minimum atomic E-state index is -4.34. The Hall–Kier alpha value is -1.96. The first-order valence-electron chi connectivity index (χ1n) is 10.4. The van der Waals surface area contributed by atoms with Gasteiger partial charge in [-0.15, -0.1) is 0 Å². The van der Waals surface area contributed by atoms with Crippen LogP contribution in [0, 0.1) is 11.3 Å². The molecule has 2 saturated carbocycles. The standard InChI is InChI=1S/C21H28F3N3O2/c1-2-25-19(27-17-16-8-11-28-18(16)20(17)9-3-10-20)26-12-14-4-6-15(7-5-14)29-13-21(22,23)24/h4-7,16-18H,2-3,8-13H2,1H3,(H2,25,26,27). The summed E-state index contributed by atoms with van der Waals surface area (Å²) in [6.45, 7) is 2.81. The molecule has 1 aromatic rings. The van der Waals surface area contributed by atoms with Gasteiger partial charge in [0.05, 0.1) is 12.6 Å². The van der Waals surface area contributed by atoms with Gasteiger partial charge in [0.2, 0.25) is 0 Å². The van der Waals surface area contributed by atoms with Gasteiger partial charge in [-0.3, -0.25) is 0 Å². The molecule has 2 N–H and O–H groups in total. The summed E-state index contributed by atoms with van der Waals surface area (Å²) in [5, 5.41) is 6.96.